The summed E-state index contributed by atoms with van der Waals surface area (Å²) < 4.78 is 10.6. The fraction of sp³-hybridized carbons (Fsp3) is 0.462. The first kappa shape index (κ1) is 24.4. The van der Waals surface area contributed by atoms with Gasteiger partial charge in [0.15, 0.2) is 0 Å². The van der Waals surface area contributed by atoms with E-state index in [9.17, 15) is 9.59 Å². The Morgan fingerprint density at radius 3 is 2.64 bits per heavy atom. The molecule has 0 aromatic heterocycles. The Morgan fingerprint density at radius 2 is 1.91 bits per heavy atom. The van der Waals surface area contributed by atoms with Crippen LogP contribution in [0, 0.1) is 0 Å². The fourth-order valence-electron chi connectivity index (χ4n) is 4.27. The lowest BCUT2D eigenvalue weighted by atomic mass is 9.93. The molecule has 2 aromatic carbocycles. The molecule has 1 heterocycles. The van der Waals surface area contributed by atoms with Crippen molar-refractivity contribution < 1.29 is 19.1 Å². The zero-order chi connectivity index (χ0) is 23.8. The third-order valence-electron chi connectivity index (χ3n) is 6.21. The van der Waals surface area contributed by atoms with Crippen molar-refractivity contribution in [2.45, 2.75) is 45.6 Å². The molecule has 3 rings (SSSR count). The Hall–Kier alpha value is -3.22. The van der Waals surface area contributed by atoms with Crippen LogP contribution in [0.15, 0.2) is 42.5 Å². The molecule has 0 fully saturated rings. The maximum Gasteiger partial charge on any atom is 0.322 e. The van der Waals surface area contributed by atoms with E-state index in [2.05, 4.69) is 31.3 Å². The van der Waals surface area contributed by atoms with E-state index in [4.69, 9.17) is 9.47 Å². The third-order valence-corrected chi connectivity index (χ3v) is 6.21. The van der Waals surface area contributed by atoms with Crippen LogP contribution in [-0.2, 0) is 11.2 Å². The zero-order valence-corrected chi connectivity index (χ0v) is 20.1. The van der Waals surface area contributed by atoms with E-state index >= 15 is 0 Å². The maximum atomic E-state index is 13.3. The number of anilines is 1. The molecule has 1 aliphatic rings. The van der Waals surface area contributed by atoms with E-state index in [0.29, 0.717) is 30.3 Å². The van der Waals surface area contributed by atoms with E-state index in [0.717, 1.165) is 25.7 Å². The lowest BCUT2D eigenvalue weighted by Crippen LogP contribution is -2.47. The van der Waals surface area contributed by atoms with Gasteiger partial charge in [-0.2, -0.15) is 0 Å². The number of amides is 3. The van der Waals surface area contributed by atoms with E-state index in [-0.39, 0.29) is 24.5 Å². The minimum atomic E-state index is -0.312. The topological polar surface area (TPSA) is 71.1 Å². The average Bonchev–Trinajstić information content (AvgIpc) is 2.84. The Labute approximate surface area is 196 Å². The number of nitrogens with one attached hydrogen (secondary N) is 1. The number of carbonyl (C=O) groups is 2. The molecular formula is C26H35N3O4. The van der Waals surface area contributed by atoms with E-state index in [1.807, 2.05) is 17.0 Å². The first-order valence-corrected chi connectivity index (χ1v) is 11.6. The van der Waals surface area contributed by atoms with E-state index in [1.165, 1.54) is 11.1 Å². The molecule has 1 aliphatic heterocycles. The van der Waals surface area contributed by atoms with Gasteiger partial charge in [-0.25, -0.2) is 4.79 Å². The van der Waals surface area contributed by atoms with Crippen LogP contribution in [0.25, 0.3) is 0 Å². The Kier molecular flexibility index (Phi) is 8.58. The molecule has 178 valence electrons. The third kappa shape index (κ3) is 5.97. The number of nitrogens with zero attached hydrogens (tertiary/aromatic N) is 2. The molecule has 1 unspecified atom stereocenters. The number of benzene rings is 2. The molecule has 2 aromatic rings. The minimum absolute atomic E-state index is 0.00955. The Balaban J connectivity index is 1.73. The van der Waals surface area contributed by atoms with Gasteiger partial charge >= 0.3 is 6.03 Å². The van der Waals surface area contributed by atoms with Gasteiger partial charge < -0.3 is 24.6 Å². The summed E-state index contributed by atoms with van der Waals surface area (Å²) in [5.41, 5.74) is 3.01. The SMILES string of the molecule is CCCCCN(CC(=O)N1CCc2ccccc2C1C)C(=O)Nc1ccc(OC)cc1OC. The molecule has 33 heavy (non-hydrogen) atoms. The van der Waals surface area contributed by atoms with Crippen molar-refractivity contribution >= 4 is 17.6 Å². The molecule has 0 bridgehead atoms. The van der Waals surface area contributed by atoms with Crippen LogP contribution in [-0.4, -0.2) is 55.6 Å². The molecule has 0 spiro atoms. The summed E-state index contributed by atoms with van der Waals surface area (Å²) in [6, 6.07) is 13.2. The number of unbranched alkanes of at least 4 members (excludes halogenated alkanes) is 2. The van der Waals surface area contributed by atoms with Crippen LogP contribution < -0.4 is 14.8 Å². The van der Waals surface area contributed by atoms with Crippen LogP contribution in [0.3, 0.4) is 0 Å². The number of urea groups is 1. The summed E-state index contributed by atoms with van der Waals surface area (Å²) in [6.07, 6.45) is 3.71. The van der Waals surface area contributed by atoms with Crippen LogP contribution in [0.4, 0.5) is 10.5 Å². The molecule has 3 amide bonds. The second-order valence-electron chi connectivity index (χ2n) is 8.34. The summed E-state index contributed by atoms with van der Waals surface area (Å²) >= 11 is 0. The largest absolute Gasteiger partial charge is 0.497 e. The smallest absolute Gasteiger partial charge is 0.322 e. The summed E-state index contributed by atoms with van der Waals surface area (Å²) in [5.74, 6) is 1.10. The number of fused-ring (bicyclic) bond motifs is 1. The quantitative estimate of drug-likeness (QED) is 0.550. The summed E-state index contributed by atoms with van der Waals surface area (Å²) in [7, 11) is 3.12. The zero-order valence-electron chi connectivity index (χ0n) is 20.1. The Bertz CT molecular complexity index is 962. The van der Waals surface area contributed by atoms with Gasteiger partial charge in [0.1, 0.15) is 18.0 Å². The molecule has 7 nitrogen and oxygen atoms in total. The van der Waals surface area contributed by atoms with Crippen LogP contribution in [0.1, 0.15) is 50.3 Å². The minimum Gasteiger partial charge on any atom is -0.497 e. The highest BCUT2D eigenvalue weighted by Crippen LogP contribution is 2.30. The first-order valence-electron chi connectivity index (χ1n) is 11.6. The van der Waals surface area contributed by atoms with Gasteiger partial charge in [0.2, 0.25) is 5.91 Å². The number of carbonyl (C=O) groups excluding carboxylic acids is 2. The number of rotatable bonds is 9. The van der Waals surface area contributed by atoms with E-state index in [1.54, 1.807) is 37.3 Å². The van der Waals surface area contributed by atoms with Crippen molar-refractivity contribution in [3.05, 3.63) is 53.6 Å². The fourth-order valence-corrected chi connectivity index (χ4v) is 4.27. The summed E-state index contributed by atoms with van der Waals surface area (Å²) in [5, 5.41) is 2.91. The van der Waals surface area contributed by atoms with Gasteiger partial charge in [-0.1, -0.05) is 44.0 Å². The van der Waals surface area contributed by atoms with Gasteiger partial charge in [0.05, 0.1) is 25.9 Å². The van der Waals surface area contributed by atoms with Crippen LogP contribution in [0.2, 0.25) is 0 Å². The van der Waals surface area contributed by atoms with Gasteiger partial charge in [-0.3, -0.25) is 4.79 Å². The predicted octanol–water partition coefficient (Wildman–Crippen LogP) is 4.87. The standard InChI is InChI=1S/C26H35N3O4/c1-5-6-9-15-28(26(31)27-23-13-12-21(32-3)17-24(23)33-4)18-25(30)29-16-14-20-10-7-8-11-22(20)19(29)2/h7-8,10-13,17,19H,5-6,9,14-16,18H2,1-4H3,(H,27,31). The lowest BCUT2D eigenvalue weighted by molar-refractivity contribution is -0.134. The Morgan fingerprint density at radius 1 is 1.12 bits per heavy atom. The maximum absolute atomic E-state index is 13.3. The lowest BCUT2D eigenvalue weighted by Gasteiger charge is -2.36. The van der Waals surface area contributed by atoms with Crippen molar-refractivity contribution in [1.29, 1.82) is 0 Å². The number of hydrogen-bond donors (Lipinski definition) is 1. The molecule has 0 saturated heterocycles. The monoisotopic (exact) mass is 453 g/mol. The number of methoxy groups -OCH3 is 2. The van der Waals surface area contributed by atoms with Gasteiger partial charge in [0.25, 0.3) is 0 Å². The summed E-state index contributed by atoms with van der Waals surface area (Å²) in [4.78, 5) is 30.0. The normalized spacial score (nSPS) is 14.9. The highest BCUT2D eigenvalue weighted by atomic mass is 16.5. The number of hydrogen-bond acceptors (Lipinski definition) is 4. The molecule has 0 saturated carbocycles. The average molecular weight is 454 g/mol. The molecule has 7 heteroatoms. The first-order chi connectivity index (χ1) is 16.0. The van der Waals surface area contributed by atoms with Crippen molar-refractivity contribution in [2.75, 3.05) is 39.2 Å². The molecular weight excluding hydrogens is 418 g/mol. The molecule has 0 aliphatic carbocycles. The molecule has 1 atom stereocenters. The van der Waals surface area contributed by atoms with Crippen LogP contribution in [0.5, 0.6) is 11.5 Å². The highest BCUT2D eigenvalue weighted by Gasteiger charge is 2.29. The van der Waals surface area contributed by atoms with Crippen molar-refractivity contribution in [1.82, 2.24) is 9.80 Å². The predicted molar refractivity (Wildman–Crippen MR) is 130 cm³/mol. The van der Waals surface area contributed by atoms with Crippen LogP contribution >= 0.6 is 0 Å². The van der Waals surface area contributed by atoms with Crippen molar-refractivity contribution in [3.63, 3.8) is 0 Å². The number of ether oxygens (including phenoxy) is 2. The second-order valence-corrected chi connectivity index (χ2v) is 8.34. The van der Waals surface area contributed by atoms with E-state index < -0.39 is 0 Å². The highest BCUT2D eigenvalue weighted by molar-refractivity contribution is 5.93. The summed E-state index contributed by atoms with van der Waals surface area (Å²) in [6.45, 7) is 5.39. The van der Waals surface area contributed by atoms with Crippen molar-refractivity contribution in [2.24, 2.45) is 0 Å². The van der Waals surface area contributed by atoms with Crippen molar-refractivity contribution in [3.8, 4) is 11.5 Å². The molecule has 0 radical (unpaired) electrons. The molecule has 1 N–H and O–H groups in total. The van der Waals surface area contributed by atoms with Gasteiger partial charge in [-0.05, 0) is 43.0 Å². The van der Waals surface area contributed by atoms with Gasteiger partial charge in [0, 0.05) is 19.2 Å². The second kappa shape index (κ2) is 11.6. The van der Waals surface area contributed by atoms with Gasteiger partial charge in [-0.15, -0.1) is 0 Å².